The summed E-state index contributed by atoms with van der Waals surface area (Å²) < 4.78 is 5.56. The Hall–Kier alpha value is -1.21. The standard InChI is InChI=1S/C10H13NO3/c1-2-10-5-3-9(4-6-10,7-14-10)11-8(12)13/h1,11H,3-7H2,(H,12,13). The van der Waals surface area contributed by atoms with Gasteiger partial charge in [0, 0.05) is 0 Å². The third kappa shape index (κ3) is 1.34. The number of carbonyl (C=O) groups is 1. The highest BCUT2D eigenvalue weighted by atomic mass is 16.5. The number of carboxylic acid groups (broad SMARTS) is 1. The predicted molar refractivity (Wildman–Crippen MR) is 49.9 cm³/mol. The van der Waals surface area contributed by atoms with E-state index in [0.717, 1.165) is 25.7 Å². The van der Waals surface area contributed by atoms with Crippen molar-refractivity contribution in [2.45, 2.75) is 36.8 Å². The van der Waals surface area contributed by atoms with Gasteiger partial charge in [-0.25, -0.2) is 4.79 Å². The van der Waals surface area contributed by atoms with Crippen LogP contribution in [0.1, 0.15) is 25.7 Å². The minimum atomic E-state index is -0.983. The zero-order valence-corrected chi connectivity index (χ0v) is 7.88. The molecule has 3 fully saturated rings. The third-order valence-electron chi connectivity index (χ3n) is 3.27. The largest absolute Gasteiger partial charge is 0.465 e. The van der Waals surface area contributed by atoms with E-state index in [2.05, 4.69) is 11.2 Å². The minimum Gasteiger partial charge on any atom is -0.465 e. The van der Waals surface area contributed by atoms with E-state index in [1.807, 2.05) is 0 Å². The van der Waals surface area contributed by atoms with Crippen molar-refractivity contribution in [2.75, 3.05) is 6.61 Å². The maximum absolute atomic E-state index is 10.6. The number of fused-ring (bicyclic) bond motifs is 3. The Morgan fingerprint density at radius 1 is 1.43 bits per heavy atom. The lowest BCUT2D eigenvalue weighted by Crippen LogP contribution is -2.62. The first kappa shape index (κ1) is 9.35. The average Bonchev–Trinajstić information content (AvgIpc) is 2.19. The number of terminal acetylenes is 1. The van der Waals surface area contributed by atoms with E-state index in [1.165, 1.54) is 0 Å². The van der Waals surface area contributed by atoms with Gasteiger partial charge in [-0.1, -0.05) is 5.92 Å². The molecule has 0 radical (unpaired) electrons. The van der Waals surface area contributed by atoms with Crippen molar-refractivity contribution in [3.63, 3.8) is 0 Å². The molecule has 14 heavy (non-hydrogen) atoms. The minimum absolute atomic E-state index is 0.384. The SMILES string of the molecule is C#CC12CCC(NC(=O)O)(CC1)CO2. The summed E-state index contributed by atoms with van der Waals surface area (Å²) in [5, 5.41) is 11.2. The number of ether oxygens (including phenoxy) is 1. The molecule has 1 saturated carbocycles. The lowest BCUT2D eigenvalue weighted by molar-refractivity contribution is -0.126. The van der Waals surface area contributed by atoms with Gasteiger partial charge in [0.25, 0.3) is 0 Å². The molecule has 0 aromatic rings. The predicted octanol–water partition coefficient (Wildman–Crippen LogP) is 0.969. The van der Waals surface area contributed by atoms with Gasteiger partial charge in [0.15, 0.2) is 0 Å². The van der Waals surface area contributed by atoms with Crippen LogP contribution in [0.15, 0.2) is 0 Å². The molecular formula is C10H13NO3. The number of hydrogen-bond acceptors (Lipinski definition) is 2. The molecule has 0 atom stereocenters. The van der Waals surface area contributed by atoms with Gasteiger partial charge < -0.3 is 15.2 Å². The van der Waals surface area contributed by atoms with E-state index in [0.29, 0.717) is 6.61 Å². The summed E-state index contributed by atoms with van der Waals surface area (Å²) in [4.78, 5) is 10.6. The van der Waals surface area contributed by atoms with Crippen LogP contribution in [0, 0.1) is 12.3 Å². The fourth-order valence-corrected chi connectivity index (χ4v) is 2.27. The van der Waals surface area contributed by atoms with Crippen LogP contribution in [0.25, 0.3) is 0 Å². The van der Waals surface area contributed by atoms with Crippen LogP contribution in [0.3, 0.4) is 0 Å². The smallest absolute Gasteiger partial charge is 0.405 e. The van der Waals surface area contributed by atoms with E-state index >= 15 is 0 Å². The molecule has 2 bridgehead atoms. The Balaban J connectivity index is 2.09. The molecule has 0 spiro atoms. The van der Waals surface area contributed by atoms with Crippen LogP contribution in [0.5, 0.6) is 0 Å². The number of amides is 1. The molecule has 1 amide bonds. The van der Waals surface area contributed by atoms with Gasteiger partial charge in [0.05, 0.1) is 12.1 Å². The number of rotatable bonds is 1. The van der Waals surface area contributed by atoms with Crippen molar-refractivity contribution in [2.24, 2.45) is 0 Å². The van der Waals surface area contributed by atoms with Gasteiger partial charge in [-0.2, -0.15) is 0 Å². The van der Waals surface area contributed by atoms with Crippen LogP contribution in [0.2, 0.25) is 0 Å². The topological polar surface area (TPSA) is 58.6 Å². The first-order valence-corrected chi connectivity index (χ1v) is 4.73. The third-order valence-corrected chi connectivity index (χ3v) is 3.27. The molecule has 4 heteroatoms. The molecule has 1 aliphatic carbocycles. The molecule has 4 nitrogen and oxygen atoms in total. The summed E-state index contributed by atoms with van der Waals surface area (Å²) in [5.41, 5.74) is -0.799. The van der Waals surface area contributed by atoms with Crippen molar-refractivity contribution in [1.82, 2.24) is 5.32 Å². The molecule has 3 aliphatic rings. The molecule has 2 heterocycles. The first-order valence-electron chi connectivity index (χ1n) is 4.73. The van der Waals surface area contributed by atoms with Crippen LogP contribution >= 0.6 is 0 Å². The maximum atomic E-state index is 10.6. The van der Waals surface area contributed by atoms with Gasteiger partial charge in [0.2, 0.25) is 0 Å². The van der Waals surface area contributed by atoms with Gasteiger partial charge >= 0.3 is 6.09 Å². The summed E-state index contributed by atoms with van der Waals surface area (Å²) in [5.74, 6) is 2.68. The highest BCUT2D eigenvalue weighted by Crippen LogP contribution is 2.43. The van der Waals surface area contributed by atoms with Crippen molar-refractivity contribution < 1.29 is 14.6 Å². The average molecular weight is 195 g/mol. The molecule has 3 rings (SSSR count). The Bertz CT molecular complexity index is 280. The molecule has 2 N–H and O–H groups in total. The molecule has 0 aromatic heterocycles. The van der Waals surface area contributed by atoms with Crippen LogP contribution in [-0.4, -0.2) is 28.9 Å². The van der Waals surface area contributed by atoms with E-state index in [9.17, 15) is 4.79 Å². The first-order chi connectivity index (χ1) is 6.60. The summed E-state index contributed by atoms with van der Waals surface area (Å²) >= 11 is 0. The second-order valence-corrected chi connectivity index (χ2v) is 4.14. The molecule has 0 aromatic carbocycles. The summed E-state index contributed by atoms with van der Waals surface area (Å²) in [7, 11) is 0. The van der Waals surface area contributed by atoms with Gasteiger partial charge in [-0.05, 0) is 25.7 Å². The van der Waals surface area contributed by atoms with Gasteiger partial charge in [-0.3, -0.25) is 0 Å². The fraction of sp³-hybridized carbons (Fsp3) is 0.700. The molecule has 2 aliphatic heterocycles. The fourth-order valence-electron chi connectivity index (χ4n) is 2.27. The van der Waals surface area contributed by atoms with E-state index < -0.39 is 11.7 Å². The van der Waals surface area contributed by atoms with E-state index in [-0.39, 0.29) is 5.54 Å². The quantitative estimate of drug-likeness (QED) is 0.613. The summed E-state index contributed by atoms with van der Waals surface area (Å²) in [6.45, 7) is 0.406. The monoisotopic (exact) mass is 195 g/mol. The van der Waals surface area contributed by atoms with Crippen molar-refractivity contribution in [3.05, 3.63) is 0 Å². The van der Waals surface area contributed by atoms with E-state index in [4.69, 9.17) is 16.3 Å². The zero-order chi connectivity index (χ0) is 10.2. The second kappa shape index (κ2) is 2.89. The Kier molecular flexibility index (Phi) is 1.93. The molecular weight excluding hydrogens is 182 g/mol. The number of nitrogens with one attached hydrogen (secondary N) is 1. The van der Waals surface area contributed by atoms with Crippen LogP contribution in [-0.2, 0) is 4.74 Å². The normalized spacial score (nSPS) is 40.2. The molecule has 0 unspecified atom stereocenters. The zero-order valence-electron chi connectivity index (χ0n) is 7.88. The van der Waals surface area contributed by atoms with Crippen molar-refractivity contribution in [1.29, 1.82) is 0 Å². The van der Waals surface area contributed by atoms with Gasteiger partial charge in [-0.15, -0.1) is 6.42 Å². The van der Waals surface area contributed by atoms with Crippen LogP contribution in [0.4, 0.5) is 4.79 Å². The summed E-state index contributed by atoms with van der Waals surface area (Å²) in [6, 6.07) is 0. The lowest BCUT2D eigenvalue weighted by atomic mass is 9.71. The van der Waals surface area contributed by atoms with Crippen molar-refractivity contribution in [3.8, 4) is 12.3 Å². The molecule has 2 saturated heterocycles. The van der Waals surface area contributed by atoms with Crippen LogP contribution < -0.4 is 5.32 Å². The second-order valence-electron chi connectivity index (χ2n) is 4.14. The Morgan fingerprint density at radius 2 is 2.07 bits per heavy atom. The summed E-state index contributed by atoms with van der Waals surface area (Å²) in [6.07, 6.45) is 7.49. The number of hydrogen-bond donors (Lipinski definition) is 2. The highest BCUT2D eigenvalue weighted by Gasteiger charge is 2.49. The lowest BCUT2D eigenvalue weighted by Gasteiger charge is -2.50. The Morgan fingerprint density at radius 3 is 2.43 bits per heavy atom. The maximum Gasteiger partial charge on any atom is 0.405 e. The van der Waals surface area contributed by atoms with Crippen molar-refractivity contribution >= 4 is 6.09 Å². The van der Waals surface area contributed by atoms with Gasteiger partial charge in [0.1, 0.15) is 5.60 Å². The highest BCUT2D eigenvalue weighted by molar-refractivity contribution is 5.65. The van der Waals surface area contributed by atoms with E-state index in [1.54, 1.807) is 0 Å². The Labute approximate surface area is 82.6 Å². The molecule has 76 valence electrons.